The van der Waals surface area contributed by atoms with Crippen LogP contribution in [-0.2, 0) is 23.8 Å². The zero-order chi connectivity index (χ0) is 17.6. The molecule has 0 aliphatic rings. The normalized spacial score (nSPS) is 11.7. The summed E-state index contributed by atoms with van der Waals surface area (Å²) in [5.74, 6) is -0.853. The molecule has 5 nitrogen and oxygen atoms in total. The summed E-state index contributed by atoms with van der Waals surface area (Å²) in [4.78, 5) is 22.9. The van der Waals surface area contributed by atoms with Gasteiger partial charge < -0.3 is 14.2 Å². The summed E-state index contributed by atoms with van der Waals surface area (Å²) < 4.78 is 16.2. The Kier molecular flexibility index (Phi) is 7.53. The summed E-state index contributed by atoms with van der Waals surface area (Å²) in [7, 11) is 0. The van der Waals surface area contributed by atoms with E-state index in [0.717, 1.165) is 0 Å². The van der Waals surface area contributed by atoms with Gasteiger partial charge in [0.1, 0.15) is 5.60 Å². The lowest BCUT2D eigenvalue weighted by molar-refractivity contribution is -0.165. The van der Waals surface area contributed by atoms with Crippen LogP contribution in [0, 0.1) is 0 Å². The van der Waals surface area contributed by atoms with E-state index in [2.05, 4.69) is 13.2 Å². The number of hydrogen-bond donors (Lipinski definition) is 0. The van der Waals surface area contributed by atoms with Gasteiger partial charge in [-0.3, -0.25) is 0 Å². The van der Waals surface area contributed by atoms with Gasteiger partial charge in [0.25, 0.3) is 0 Å². The molecule has 0 aromatic carbocycles. The van der Waals surface area contributed by atoms with E-state index < -0.39 is 23.1 Å². The van der Waals surface area contributed by atoms with Gasteiger partial charge in [0, 0.05) is 17.6 Å². The van der Waals surface area contributed by atoms with Crippen LogP contribution in [0.25, 0.3) is 0 Å². The summed E-state index contributed by atoms with van der Waals surface area (Å²) >= 11 is 0. The summed E-state index contributed by atoms with van der Waals surface area (Å²) in [6, 6.07) is 0. The minimum Gasteiger partial charge on any atom is -0.462 e. The number of hydrogen-bond acceptors (Lipinski definition) is 5. The molecule has 0 unspecified atom stereocenters. The Morgan fingerprint density at radius 3 is 1.86 bits per heavy atom. The lowest BCUT2D eigenvalue weighted by Gasteiger charge is -2.31. The lowest BCUT2D eigenvalue weighted by Crippen LogP contribution is -2.38. The third kappa shape index (κ3) is 8.62. The fourth-order valence-corrected chi connectivity index (χ4v) is 1.32. The van der Waals surface area contributed by atoms with Gasteiger partial charge in [0.2, 0.25) is 0 Å². The highest BCUT2D eigenvalue weighted by Crippen LogP contribution is 2.20. The fraction of sp³-hybridized carbons (Fsp3) is 0.647. The van der Waals surface area contributed by atoms with Crippen LogP contribution >= 0.6 is 0 Å². The number of carbonyl (C=O) groups is 2. The second-order valence-electron chi connectivity index (χ2n) is 6.64. The van der Waals surface area contributed by atoms with E-state index >= 15 is 0 Å². The van der Waals surface area contributed by atoms with Gasteiger partial charge >= 0.3 is 11.9 Å². The molecule has 0 aliphatic carbocycles. The fourth-order valence-electron chi connectivity index (χ4n) is 1.32. The van der Waals surface area contributed by atoms with Gasteiger partial charge in [-0.25, -0.2) is 9.59 Å². The zero-order valence-electron chi connectivity index (χ0n) is 14.6. The van der Waals surface area contributed by atoms with Crippen molar-refractivity contribution in [2.24, 2.45) is 0 Å². The SMILES string of the molecule is C=C(C)C(=O)OCCC(C)(C)OCC(C)(C)OC(=O)C(=C)C. The molecule has 0 saturated carbocycles. The molecule has 0 saturated heterocycles. The van der Waals surface area contributed by atoms with Crippen LogP contribution in [-0.4, -0.2) is 36.4 Å². The van der Waals surface area contributed by atoms with E-state index in [-0.39, 0.29) is 13.2 Å². The molecule has 0 N–H and O–H groups in total. The van der Waals surface area contributed by atoms with Crippen LogP contribution in [0.2, 0.25) is 0 Å². The van der Waals surface area contributed by atoms with E-state index in [1.165, 1.54) is 0 Å². The predicted molar refractivity (Wildman–Crippen MR) is 85.4 cm³/mol. The molecule has 0 fully saturated rings. The maximum Gasteiger partial charge on any atom is 0.333 e. The van der Waals surface area contributed by atoms with Gasteiger partial charge in [0.05, 0.1) is 18.8 Å². The minimum absolute atomic E-state index is 0.230. The van der Waals surface area contributed by atoms with Crippen LogP contribution in [0.1, 0.15) is 48.0 Å². The van der Waals surface area contributed by atoms with Crippen molar-refractivity contribution < 1.29 is 23.8 Å². The molecule has 0 rings (SSSR count). The molecule has 126 valence electrons. The van der Waals surface area contributed by atoms with E-state index in [1.807, 2.05) is 13.8 Å². The largest absolute Gasteiger partial charge is 0.462 e. The smallest absolute Gasteiger partial charge is 0.333 e. The first-order chi connectivity index (χ1) is 9.86. The van der Waals surface area contributed by atoms with Gasteiger partial charge in [0.15, 0.2) is 0 Å². The van der Waals surface area contributed by atoms with E-state index in [4.69, 9.17) is 14.2 Å². The summed E-state index contributed by atoms with van der Waals surface area (Å²) in [6.07, 6.45) is 0.524. The molecule has 0 spiro atoms. The molecule has 22 heavy (non-hydrogen) atoms. The number of carbonyl (C=O) groups excluding carboxylic acids is 2. The molecular weight excluding hydrogens is 284 g/mol. The van der Waals surface area contributed by atoms with Gasteiger partial charge in [-0.2, -0.15) is 0 Å². The number of esters is 2. The zero-order valence-corrected chi connectivity index (χ0v) is 14.6. The highest BCUT2D eigenvalue weighted by atomic mass is 16.6. The van der Waals surface area contributed by atoms with E-state index in [9.17, 15) is 9.59 Å². The summed E-state index contributed by atoms with van der Waals surface area (Å²) in [5, 5.41) is 0. The first-order valence-electron chi connectivity index (χ1n) is 7.22. The number of ether oxygens (including phenoxy) is 3. The van der Waals surface area contributed by atoms with Crippen molar-refractivity contribution in [2.75, 3.05) is 13.2 Å². The molecule has 0 amide bonds. The van der Waals surface area contributed by atoms with Crippen LogP contribution in [0.15, 0.2) is 24.3 Å². The maximum atomic E-state index is 11.6. The molecule has 0 aliphatic heterocycles. The van der Waals surface area contributed by atoms with Crippen molar-refractivity contribution in [3.8, 4) is 0 Å². The van der Waals surface area contributed by atoms with Crippen molar-refractivity contribution in [3.05, 3.63) is 24.3 Å². The minimum atomic E-state index is -0.762. The first-order valence-corrected chi connectivity index (χ1v) is 7.22. The second kappa shape index (κ2) is 8.13. The Morgan fingerprint density at radius 1 is 0.909 bits per heavy atom. The van der Waals surface area contributed by atoms with Crippen molar-refractivity contribution in [3.63, 3.8) is 0 Å². The van der Waals surface area contributed by atoms with Crippen LogP contribution in [0.3, 0.4) is 0 Å². The first kappa shape index (κ1) is 20.4. The molecule has 0 radical (unpaired) electrons. The van der Waals surface area contributed by atoms with E-state index in [1.54, 1.807) is 27.7 Å². The third-order valence-corrected chi connectivity index (χ3v) is 2.81. The third-order valence-electron chi connectivity index (χ3n) is 2.81. The Bertz CT molecular complexity index is 446. The highest BCUT2D eigenvalue weighted by Gasteiger charge is 2.28. The Labute approximate surface area is 133 Å². The monoisotopic (exact) mass is 312 g/mol. The summed E-state index contributed by atoms with van der Waals surface area (Å²) in [6.45, 7) is 18.0. The van der Waals surface area contributed by atoms with Crippen LogP contribution in [0.5, 0.6) is 0 Å². The van der Waals surface area contributed by atoms with Crippen LogP contribution in [0.4, 0.5) is 0 Å². The number of rotatable bonds is 9. The second-order valence-corrected chi connectivity index (χ2v) is 6.64. The standard InChI is InChI=1S/C17H28O5/c1-12(2)14(18)20-10-9-16(5,6)21-11-17(7,8)22-15(19)13(3)4/h1,3,9-11H2,2,4-8H3. The molecule has 0 bridgehead atoms. The molecule has 0 heterocycles. The van der Waals surface area contributed by atoms with Crippen molar-refractivity contribution >= 4 is 11.9 Å². The summed E-state index contributed by atoms with van der Waals surface area (Å²) in [5.41, 5.74) is -0.560. The quantitative estimate of drug-likeness (QED) is 0.483. The molecule has 5 heteroatoms. The highest BCUT2D eigenvalue weighted by molar-refractivity contribution is 5.87. The predicted octanol–water partition coefficient (Wildman–Crippen LogP) is 3.19. The van der Waals surface area contributed by atoms with Crippen molar-refractivity contribution in [1.29, 1.82) is 0 Å². The van der Waals surface area contributed by atoms with Gasteiger partial charge in [-0.15, -0.1) is 0 Å². The molecular formula is C17H28O5. The van der Waals surface area contributed by atoms with E-state index in [0.29, 0.717) is 17.6 Å². The molecule has 0 aromatic rings. The van der Waals surface area contributed by atoms with Crippen LogP contribution < -0.4 is 0 Å². The van der Waals surface area contributed by atoms with Crippen molar-refractivity contribution in [1.82, 2.24) is 0 Å². The van der Waals surface area contributed by atoms with Gasteiger partial charge in [-0.05, 0) is 41.5 Å². The molecule has 0 aromatic heterocycles. The topological polar surface area (TPSA) is 61.8 Å². The maximum absolute atomic E-state index is 11.6. The molecule has 0 atom stereocenters. The van der Waals surface area contributed by atoms with Gasteiger partial charge in [-0.1, -0.05) is 13.2 Å². The lowest BCUT2D eigenvalue weighted by atomic mass is 10.0. The average Bonchev–Trinajstić information content (AvgIpc) is 2.35. The Hall–Kier alpha value is -1.62. The average molecular weight is 312 g/mol. The Balaban J connectivity index is 4.30. The Morgan fingerprint density at radius 2 is 1.41 bits per heavy atom. The van der Waals surface area contributed by atoms with Crippen molar-refractivity contribution in [2.45, 2.75) is 59.2 Å².